The fraction of sp³-hybridized carbons (Fsp3) is 0.194. The largest absolute Gasteiger partial charge is 0.478 e. The summed E-state index contributed by atoms with van der Waals surface area (Å²) in [6.07, 6.45) is -0.206. The molecule has 5 rings (SSSR count). The number of aryl methyl sites for hydroxylation is 1. The topological polar surface area (TPSA) is 86.5 Å². The summed E-state index contributed by atoms with van der Waals surface area (Å²) in [5, 5.41) is 9.33. The highest BCUT2D eigenvalue weighted by atomic mass is 19.1. The molecule has 0 saturated heterocycles. The molecule has 0 radical (unpaired) electrons. The minimum Gasteiger partial charge on any atom is -0.478 e. The van der Waals surface area contributed by atoms with Crippen molar-refractivity contribution in [2.45, 2.75) is 26.5 Å². The van der Waals surface area contributed by atoms with E-state index >= 15 is 13.2 Å². The van der Waals surface area contributed by atoms with Gasteiger partial charge in [-0.2, -0.15) is 0 Å². The van der Waals surface area contributed by atoms with Gasteiger partial charge in [0.25, 0.3) is 0 Å². The van der Waals surface area contributed by atoms with E-state index in [0.717, 1.165) is 23.8 Å². The van der Waals surface area contributed by atoms with Gasteiger partial charge in [-0.05, 0) is 54.4 Å². The van der Waals surface area contributed by atoms with Gasteiger partial charge in [-0.1, -0.05) is 18.2 Å². The van der Waals surface area contributed by atoms with Crippen LogP contribution in [0.4, 0.5) is 17.6 Å². The lowest BCUT2D eigenvalue weighted by Gasteiger charge is -2.12. The molecule has 42 heavy (non-hydrogen) atoms. The van der Waals surface area contributed by atoms with Crippen LogP contribution < -0.4 is 4.74 Å². The van der Waals surface area contributed by atoms with Crippen LogP contribution in [-0.4, -0.2) is 39.3 Å². The van der Waals surface area contributed by atoms with E-state index < -0.39 is 34.8 Å². The van der Waals surface area contributed by atoms with Gasteiger partial charge in [0.15, 0.2) is 5.82 Å². The van der Waals surface area contributed by atoms with Gasteiger partial charge in [0.2, 0.25) is 5.88 Å². The number of carbonyl (C=O) groups is 1. The van der Waals surface area contributed by atoms with Crippen LogP contribution in [0.5, 0.6) is 5.88 Å². The van der Waals surface area contributed by atoms with E-state index in [1.807, 2.05) is 0 Å². The van der Waals surface area contributed by atoms with Crippen LogP contribution in [0.25, 0.3) is 22.3 Å². The first-order valence-corrected chi connectivity index (χ1v) is 12.9. The molecule has 0 bridgehead atoms. The van der Waals surface area contributed by atoms with Gasteiger partial charge in [0, 0.05) is 37.3 Å². The van der Waals surface area contributed by atoms with Gasteiger partial charge in [-0.3, -0.25) is 0 Å². The van der Waals surface area contributed by atoms with Crippen molar-refractivity contribution in [1.82, 2.24) is 14.5 Å². The number of halogens is 4. The van der Waals surface area contributed by atoms with Crippen molar-refractivity contribution in [2.24, 2.45) is 0 Å². The number of carboxylic acid groups (broad SMARTS) is 1. The fourth-order valence-electron chi connectivity index (χ4n) is 4.61. The molecule has 5 aromatic rings. The number of hydrogen-bond donors (Lipinski definition) is 1. The second kappa shape index (κ2) is 12.0. The SMILES string of the molecule is COCCn1c(Cc2cc(F)c(-c3cccc(OCc4ccc(C)cc4F)n3)cc2F)nc2ccc(C(=O)O)c(F)c21. The molecule has 0 spiro atoms. The van der Waals surface area contributed by atoms with Crippen LogP contribution in [0.2, 0.25) is 0 Å². The Balaban J connectivity index is 1.43. The molecule has 0 aliphatic heterocycles. The highest BCUT2D eigenvalue weighted by Gasteiger charge is 2.22. The number of aromatic carboxylic acids is 1. The third-order valence-electron chi connectivity index (χ3n) is 6.74. The molecule has 2 heterocycles. The molecule has 0 aliphatic rings. The lowest BCUT2D eigenvalue weighted by molar-refractivity contribution is 0.0692. The molecule has 216 valence electrons. The lowest BCUT2D eigenvalue weighted by atomic mass is 10.0. The summed E-state index contributed by atoms with van der Waals surface area (Å²) in [5.41, 5.74) is 0.611. The Hall–Kier alpha value is -4.77. The monoisotopic (exact) mass is 579 g/mol. The van der Waals surface area contributed by atoms with Crippen molar-refractivity contribution < 1.29 is 36.9 Å². The van der Waals surface area contributed by atoms with Gasteiger partial charge in [0.05, 0.1) is 23.4 Å². The Bertz CT molecular complexity index is 1810. The van der Waals surface area contributed by atoms with Gasteiger partial charge < -0.3 is 19.1 Å². The van der Waals surface area contributed by atoms with Gasteiger partial charge in [-0.25, -0.2) is 32.3 Å². The second-order valence-electron chi connectivity index (χ2n) is 9.62. The molecule has 0 unspecified atom stereocenters. The van der Waals surface area contributed by atoms with Crippen molar-refractivity contribution in [3.63, 3.8) is 0 Å². The Morgan fingerprint density at radius 1 is 0.929 bits per heavy atom. The summed E-state index contributed by atoms with van der Waals surface area (Å²) in [5.74, 6) is -4.05. The maximum absolute atomic E-state index is 15.4. The Labute approximate surface area is 238 Å². The van der Waals surface area contributed by atoms with Gasteiger partial charge in [-0.15, -0.1) is 0 Å². The number of nitrogens with zero attached hydrogens (tertiary/aromatic N) is 3. The molecule has 7 nitrogen and oxygen atoms in total. The quantitative estimate of drug-likeness (QED) is 0.191. The molecule has 0 amide bonds. The zero-order chi connectivity index (χ0) is 30.0. The third kappa shape index (κ3) is 5.82. The number of hydrogen-bond acceptors (Lipinski definition) is 5. The predicted molar refractivity (Wildman–Crippen MR) is 146 cm³/mol. The van der Waals surface area contributed by atoms with Crippen LogP contribution in [0.15, 0.2) is 60.7 Å². The molecule has 0 aliphatic carbocycles. The lowest BCUT2D eigenvalue weighted by Crippen LogP contribution is -2.11. The number of rotatable bonds is 10. The van der Waals surface area contributed by atoms with Crippen LogP contribution in [0, 0.1) is 30.2 Å². The number of carboxylic acids is 1. The molecule has 1 N–H and O–H groups in total. The van der Waals surface area contributed by atoms with Crippen LogP contribution >= 0.6 is 0 Å². The molecular formula is C31H25F4N3O4. The van der Waals surface area contributed by atoms with E-state index in [9.17, 15) is 14.3 Å². The standard InChI is InChI=1S/C31H25F4N3O4/c1-17-6-7-18(22(32)12-17)16-42-28-5-3-4-25(37-28)21-15-23(33)19(13-24(21)34)14-27-36-26-9-8-20(31(39)40)29(35)30(26)38(27)10-11-41-2/h3-9,12-13,15H,10-11,14,16H2,1-2H3,(H,39,40). The summed E-state index contributed by atoms with van der Waals surface area (Å²) in [7, 11) is 1.44. The number of fused-ring (bicyclic) bond motifs is 1. The molecule has 11 heteroatoms. The van der Waals surface area contributed by atoms with Crippen LogP contribution in [0.3, 0.4) is 0 Å². The summed E-state index contributed by atoms with van der Waals surface area (Å²) in [6.45, 7) is 1.92. The van der Waals surface area contributed by atoms with Crippen LogP contribution in [0.1, 0.15) is 32.9 Å². The van der Waals surface area contributed by atoms with Gasteiger partial charge >= 0.3 is 5.97 Å². The highest BCUT2D eigenvalue weighted by Crippen LogP contribution is 2.29. The normalized spacial score (nSPS) is 11.3. The number of imidazole rings is 1. The molecule has 3 aromatic carbocycles. The second-order valence-corrected chi connectivity index (χ2v) is 9.62. The summed E-state index contributed by atoms with van der Waals surface area (Å²) in [6, 6.07) is 13.8. The number of aromatic nitrogens is 3. The maximum Gasteiger partial charge on any atom is 0.338 e. The van der Waals surface area contributed by atoms with Crippen molar-refractivity contribution in [1.29, 1.82) is 0 Å². The average Bonchev–Trinajstić information content (AvgIpc) is 3.31. The first kappa shape index (κ1) is 28.7. The summed E-state index contributed by atoms with van der Waals surface area (Å²) >= 11 is 0. The fourth-order valence-corrected chi connectivity index (χ4v) is 4.61. The van der Waals surface area contributed by atoms with E-state index in [4.69, 9.17) is 9.47 Å². The smallest absolute Gasteiger partial charge is 0.338 e. The highest BCUT2D eigenvalue weighted by molar-refractivity contribution is 5.93. The van der Waals surface area contributed by atoms with Crippen molar-refractivity contribution in [3.8, 4) is 17.1 Å². The molecule has 0 saturated carbocycles. The Kier molecular flexibility index (Phi) is 8.21. The maximum atomic E-state index is 15.4. The third-order valence-corrected chi connectivity index (χ3v) is 6.74. The van der Waals surface area contributed by atoms with Crippen molar-refractivity contribution >= 4 is 17.0 Å². The molecule has 2 aromatic heterocycles. The van der Waals surface area contributed by atoms with Gasteiger partial charge in [0.1, 0.15) is 35.4 Å². The van der Waals surface area contributed by atoms with E-state index in [-0.39, 0.29) is 65.7 Å². The number of methoxy groups -OCH3 is 1. The zero-order valence-corrected chi connectivity index (χ0v) is 22.6. The zero-order valence-electron chi connectivity index (χ0n) is 22.6. The summed E-state index contributed by atoms with van der Waals surface area (Å²) in [4.78, 5) is 20.1. The van der Waals surface area contributed by atoms with E-state index in [0.29, 0.717) is 5.56 Å². The predicted octanol–water partition coefficient (Wildman–Crippen LogP) is 6.48. The number of benzene rings is 3. The first-order valence-electron chi connectivity index (χ1n) is 12.9. The Morgan fingerprint density at radius 3 is 2.45 bits per heavy atom. The molecular weight excluding hydrogens is 554 g/mol. The Morgan fingerprint density at radius 2 is 1.71 bits per heavy atom. The molecule has 0 fully saturated rings. The van der Waals surface area contributed by atoms with E-state index in [2.05, 4.69) is 9.97 Å². The average molecular weight is 580 g/mol. The number of ether oxygens (including phenoxy) is 2. The summed E-state index contributed by atoms with van der Waals surface area (Å²) < 4.78 is 72.1. The van der Waals surface area contributed by atoms with Crippen molar-refractivity contribution in [3.05, 3.63) is 112 Å². The first-order chi connectivity index (χ1) is 20.2. The van der Waals surface area contributed by atoms with E-state index in [1.165, 1.54) is 35.9 Å². The van der Waals surface area contributed by atoms with E-state index in [1.54, 1.807) is 25.1 Å². The number of pyridine rings is 1. The minimum atomic E-state index is -1.44. The molecule has 0 atom stereocenters. The van der Waals surface area contributed by atoms with Crippen molar-refractivity contribution in [2.75, 3.05) is 13.7 Å². The van der Waals surface area contributed by atoms with Crippen LogP contribution in [-0.2, 0) is 24.3 Å². The minimum absolute atomic E-state index is 0.0497.